The summed E-state index contributed by atoms with van der Waals surface area (Å²) in [7, 11) is -0.305. The second-order valence-corrected chi connectivity index (χ2v) is 20.4. The summed E-state index contributed by atoms with van der Waals surface area (Å²) >= 11 is 0. The summed E-state index contributed by atoms with van der Waals surface area (Å²) in [5, 5.41) is 0.249. The van der Waals surface area contributed by atoms with Crippen LogP contribution in [0.3, 0.4) is 0 Å². The third-order valence-corrected chi connectivity index (χ3v) is 16.8. The normalized spacial score (nSPS) is 36.3. The van der Waals surface area contributed by atoms with Gasteiger partial charge in [0, 0.05) is 6.42 Å². The summed E-state index contributed by atoms with van der Waals surface area (Å²) in [6, 6.07) is 0. The second-order valence-electron chi connectivity index (χ2n) is 15.7. The molecule has 0 aromatic carbocycles. The molecule has 4 aliphatic carbocycles. The molecule has 1 fully saturated rings. The molecule has 4 rings (SSSR count). The highest BCUT2D eigenvalue weighted by atomic mass is 28.4. The van der Waals surface area contributed by atoms with E-state index in [0.29, 0.717) is 35.7 Å². The monoisotopic (exact) mass is 528 g/mol. The maximum Gasteiger partial charge on any atom is 0.305 e. The fourth-order valence-electron chi connectivity index (χ4n) is 8.96. The van der Waals surface area contributed by atoms with Crippen molar-refractivity contribution in [2.24, 2.45) is 34.0 Å². The summed E-state index contributed by atoms with van der Waals surface area (Å²) in [5.41, 5.74) is 5.96. The van der Waals surface area contributed by atoms with Crippen LogP contribution in [0.1, 0.15) is 113 Å². The summed E-state index contributed by atoms with van der Waals surface area (Å²) in [4.78, 5) is 11.8. The zero-order chi connectivity index (χ0) is 27.6. The predicted molar refractivity (Wildman–Crippen MR) is 157 cm³/mol. The van der Waals surface area contributed by atoms with Gasteiger partial charge in [0.05, 0.1) is 13.2 Å². The van der Waals surface area contributed by atoms with Crippen LogP contribution in [-0.2, 0) is 14.0 Å². The highest BCUT2D eigenvalue weighted by molar-refractivity contribution is 6.74. The largest absolute Gasteiger partial charge is 0.469 e. The Morgan fingerprint density at radius 2 is 1.76 bits per heavy atom. The van der Waals surface area contributed by atoms with E-state index in [1.165, 1.54) is 52.1 Å². The minimum Gasteiger partial charge on any atom is -0.469 e. The number of hydrogen-bond donors (Lipinski definition) is 0. The van der Waals surface area contributed by atoms with Crippen molar-refractivity contribution < 1.29 is 14.0 Å². The Kier molecular flexibility index (Phi) is 7.59. The fraction of sp³-hybridized carbons (Fsp3) is 0.848. The van der Waals surface area contributed by atoms with E-state index < -0.39 is 8.32 Å². The molecule has 0 N–H and O–H groups in total. The van der Waals surface area contributed by atoms with E-state index in [1.54, 1.807) is 16.7 Å². The van der Waals surface area contributed by atoms with Crippen LogP contribution in [0.15, 0.2) is 22.8 Å². The molecule has 0 bridgehead atoms. The highest BCUT2D eigenvalue weighted by Gasteiger charge is 2.58. The molecular formula is C33H56O3Si. The SMILES string of the molecule is COC(=O)CC[C@@H](C)[C@H]1CC=C2C3=C(CC[C@@]21C)[C@@]1(C)CCC(O[Si](C)(C)C(C)(C)C)C(C)(C)C1CC3. The van der Waals surface area contributed by atoms with Gasteiger partial charge in [-0.05, 0) is 115 Å². The van der Waals surface area contributed by atoms with Gasteiger partial charge in [0.1, 0.15) is 0 Å². The van der Waals surface area contributed by atoms with Crippen LogP contribution in [0, 0.1) is 34.0 Å². The molecule has 0 saturated heterocycles. The van der Waals surface area contributed by atoms with Gasteiger partial charge in [-0.3, -0.25) is 4.79 Å². The molecule has 1 saturated carbocycles. The molecule has 0 radical (unpaired) electrons. The number of rotatable bonds is 6. The Morgan fingerprint density at radius 3 is 2.38 bits per heavy atom. The lowest BCUT2D eigenvalue weighted by Gasteiger charge is -2.61. The summed E-state index contributed by atoms with van der Waals surface area (Å²) < 4.78 is 12.1. The van der Waals surface area contributed by atoms with Gasteiger partial charge in [-0.25, -0.2) is 0 Å². The Labute approximate surface area is 229 Å². The van der Waals surface area contributed by atoms with Gasteiger partial charge < -0.3 is 9.16 Å². The standard InChI is InChI=1S/C33H56O3Si/c1-22(12-17-29(34)35-9)24-14-15-25-23-13-16-27-31(5,6)28(36-37(10,11)30(2,3)4)19-21-33(27,8)26(23)18-20-32(24,25)7/h15,22,24,27-28H,12-14,16-21H2,1-11H3/t22-,24-,27?,28?,32-,33-/m1/s1. The average Bonchev–Trinajstić information content (AvgIpc) is 3.15. The molecule has 0 spiro atoms. The molecule has 4 heteroatoms. The lowest BCUT2D eigenvalue weighted by atomic mass is 9.46. The molecule has 0 aliphatic heterocycles. The maximum atomic E-state index is 11.8. The van der Waals surface area contributed by atoms with Crippen LogP contribution < -0.4 is 0 Å². The van der Waals surface area contributed by atoms with Gasteiger partial charge in [-0.15, -0.1) is 0 Å². The molecule has 37 heavy (non-hydrogen) atoms. The zero-order valence-electron chi connectivity index (χ0n) is 26.0. The van der Waals surface area contributed by atoms with Crippen molar-refractivity contribution in [1.29, 1.82) is 0 Å². The Hall–Kier alpha value is -0.873. The molecular weight excluding hydrogens is 472 g/mol. The van der Waals surface area contributed by atoms with Crippen LogP contribution in [0.25, 0.3) is 0 Å². The van der Waals surface area contributed by atoms with E-state index in [1.807, 2.05) is 0 Å². The van der Waals surface area contributed by atoms with Crippen molar-refractivity contribution >= 4 is 14.3 Å². The number of esters is 1. The smallest absolute Gasteiger partial charge is 0.305 e. The predicted octanol–water partition coefficient (Wildman–Crippen LogP) is 9.25. The molecule has 0 heterocycles. The number of carbonyl (C=O) groups is 1. The number of fused-ring (bicyclic) bond motifs is 4. The minimum atomic E-state index is -1.81. The number of allylic oxidation sites excluding steroid dienone is 4. The van der Waals surface area contributed by atoms with Crippen molar-refractivity contribution in [1.82, 2.24) is 0 Å². The van der Waals surface area contributed by atoms with E-state index in [4.69, 9.17) is 9.16 Å². The van der Waals surface area contributed by atoms with E-state index in [9.17, 15) is 4.79 Å². The van der Waals surface area contributed by atoms with Crippen LogP contribution in [-0.4, -0.2) is 27.5 Å². The highest BCUT2D eigenvalue weighted by Crippen LogP contribution is 2.67. The van der Waals surface area contributed by atoms with Gasteiger partial charge >= 0.3 is 5.97 Å². The zero-order valence-corrected chi connectivity index (χ0v) is 27.0. The molecule has 2 unspecified atom stereocenters. The van der Waals surface area contributed by atoms with Crippen LogP contribution in [0.4, 0.5) is 0 Å². The topological polar surface area (TPSA) is 35.5 Å². The first-order valence-electron chi connectivity index (χ1n) is 15.2. The number of hydrogen-bond acceptors (Lipinski definition) is 3. The van der Waals surface area contributed by atoms with Crippen molar-refractivity contribution in [3.8, 4) is 0 Å². The first-order valence-corrected chi connectivity index (χ1v) is 18.1. The fourth-order valence-corrected chi connectivity index (χ4v) is 10.4. The van der Waals surface area contributed by atoms with Crippen LogP contribution in [0.5, 0.6) is 0 Å². The summed E-state index contributed by atoms with van der Waals surface area (Å²) in [6.07, 6.45) is 13.1. The minimum absolute atomic E-state index is 0.0705. The van der Waals surface area contributed by atoms with Crippen molar-refractivity contribution in [3.05, 3.63) is 22.8 Å². The number of carbonyl (C=O) groups excluding carboxylic acids is 1. The van der Waals surface area contributed by atoms with Gasteiger partial charge in [0.2, 0.25) is 0 Å². The van der Waals surface area contributed by atoms with Crippen molar-refractivity contribution in [3.63, 3.8) is 0 Å². The number of methoxy groups -OCH3 is 1. The maximum absolute atomic E-state index is 11.8. The van der Waals surface area contributed by atoms with E-state index in [0.717, 1.165) is 6.42 Å². The van der Waals surface area contributed by atoms with Gasteiger partial charge in [0.15, 0.2) is 8.32 Å². The van der Waals surface area contributed by atoms with Gasteiger partial charge in [-0.2, -0.15) is 0 Å². The van der Waals surface area contributed by atoms with Gasteiger partial charge in [0.25, 0.3) is 0 Å². The van der Waals surface area contributed by atoms with E-state index >= 15 is 0 Å². The molecule has 6 atom stereocenters. The molecule has 0 aromatic heterocycles. The first-order chi connectivity index (χ1) is 17.0. The Morgan fingerprint density at radius 1 is 1.08 bits per heavy atom. The quantitative estimate of drug-likeness (QED) is 0.254. The third kappa shape index (κ3) is 4.75. The summed E-state index contributed by atoms with van der Waals surface area (Å²) in [6.45, 7) is 24.5. The van der Waals surface area contributed by atoms with Crippen molar-refractivity contribution in [2.75, 3.05) is 7.11 Å². The van der Waals surface area contributed by atoms with E-state index in [-0.39, 0.29) is 21.8 Å². The van der Waals surface area contributed by atoms with E-state index in [2.05, 4.69) is 74.6 Å². The molecule has 4 aliphatic rings. The Balaban J connectivity index is 1.57. The number of ether oxygens (including phenoxy) is 1. The molecule has 3 nitrogen and oxygen atoms in total. The second kappa shape index (κ2) is 9.65. The molecule has 0 amide bonds. The lowest BCUT2D eigenvalue weighted by molar-refractivity contribution is -0.141. The molecule has 0 aromatic rings. The van der Waals surface area contributed by atoms with Crippen molar-refractivity contribution in [2.45, 2.75) is 137 Å². The molecule has 210 valence electrons. The lowest BCUT2D eigenvalue weighted by Crippen LogP contribution is -2.57. The van der Waals surface area contributed by atoms with Crippen LogP contribution >= 0.6 is 0 Å². The average molecular weight is 529 g/mol. The summed E-state index contributed by atoms with van der Waals surface area (Å²) in [5.74, 6) is 1.79. The Bertz CT molecular complexity index is 967. The van der Waals surface area contributed by atoms with Gasteiger partial charge in [-0.1, -0.05) is 67.0 Å². The van der Waals surface area contributed by atoms with Crippen LogP contribution in [0.2, 0.25) is 18.1 Å². The first kappa shape index (κ1) is 29.1. The third-order valence-electron chi connectivity index (χ3n) is 12.4.